The van der Waals surface area contributed by atoms with Gasteiger partial charge in [-0.25, -0.2) is 4.98 Å². The zero-order valence-corrected chi connectivity index (χ0v) is 36.0. The summed E-state index contributed by atoms with van der Waals surface area (Å²) >= 11 is 0. The summed E-state index contributed by atoms with van der Waals surface area (Å²) in [6.45, 7) is 25.3. The van der Waals surface area contributed by atoms with Crippen molar-refractivity contribution >= 4 is 0 Å². The van der Waals surface area contributed by atoms with Gasteiger partial charge in [-0.15, -0.1) is 0 Å². The molecule has 0 aliphatic carbocycles. The number of methoxy groups -OCH3 is 1. The van der Waals surface area contributed by atoms with E-state index in [9.17, 15) is 4.79 Å². The molecule has 0 saturated heterocycles. The Balaban J connectivity index is 0.000000337. The maximum atomic E-state index is 11.0. The Morgan fingerprint density at radius 3 is 1.50 bits per heavy atom. The maximum absolute atomic E-state index is 11.0. The van der Waals surface area contributed by atoms with Crippen molar-refractivity contribution in [1.29, 1.82) is 0 Å². The van der Waals surface area contributed by atoms with E-state index in [1.807, 2.05) is 94.7 Å². The average Bonchev–Trinajstić information content (AvgIpc) is 3.76. The van der Waals surface area contributed by atoms with Crippen LogP contribution in [-0.2, 0) is 0 Å². The van der Waals surface area contributed by atoms with Crippen LogP contribution in [0.4, 0.5) is 0 Å². The van der Waals surface area contributed by atoms with Crippen LogP contribution in [0, 0.1) is 0 Å². The topological polar surface area (TPSA) is 120 Å². The Morgan fingerprint density at radius 1 is 0.554 bits per heavy atom. The van der Waals surface area contributed by atoms with Crippen LogP contribution in [0.2, 0.25) is 0 Å². The molecule has 0 saturated carbocycles. The van der Waals surface area contributed by atoms with E-state index < -0.39 is 0 Å². The third-order valence-corrected chi connectivity index (χ3v) is 8.08. The van der Waals surface area contributed by atoms with Crippen LogP contribution in [0.15, 0.2) is 132 Å². The fourth-order valence-electron chi connectivity index (χ4n) is 4.61. The van der Waals surface area contributed by atoms with Crippen LogP contribution >= 0.6 is 0 Å². The maximum Gasteiger partial charge on any atom is 0.251 e. The number of hydrogen-bond donors (Lipinski definition) is 1. The molecule has 302 valence electrons. The summed E-state index contributed by atoms with van der Waals surface area (Å²) in [5.74, 6) is 4.46. The first-order chi connectivity index (χ1) is 26.7. The average molecular weight is 763 g/mol. The molecule has 0 amide bonds. The fraction of sp³-hybridized carbons (Fsp3) is 0.404. The smallest absolute Gasteiger partial charge is 0.251 e. The lowest BCUT2D eigenvalue weighted by Crippen LogP contribution is -2.11. The number of nitrogens with zero attached hydrogens (tertiary/aromatic N) is 5. The van der Waals surface area contributed by atoms with E-state index in [1.165, 1.54) is 17.5 Å². The van der Waals surface area contributed by atoms with Crippen molar-refractivity contribution in [3.05, 3.63) is 166 Å². The van der Waals surface area contributed by atoms with Gasteiger partial charge in [-0.3, -0.25) is 14.8 Å². The summed E-state index contributed by atoms with van der Waals surface area (Å²) in [7, 11) is 1.65. The van der Waals surface area contributed by atoms with Crippen molar-refractivity contribution in [3.63, 3.8) is 0 Å². The van der Waals surface area contributed by atoms with Crippen molar-refractivity contribution in [3.8, 4) is 5.88 Å². The molecule has 5 heterocycles. The Hall–Kier alpha value is -5.44. The molecule has 0 aliphatic rings. The van der Waals surface area contributed by atoms with Crippen molar-refractivity contribution in [2.24, 2.45) is 0 Å². The molecule has 6 aromatic rings. The molecule has 0 atom stereocenters. The SMILES string of the molecule is CC(C)c1ccc[nH]c1=O.CC(C)c1ccccc1.CC(C)c1ccccn1.CC(C)c1cccnc1.CC(C)c1ncon1.COc1ncccc1C(C)C. The number of pyridine rings is 4. The number of H-pyrrole nitrogens is 1. The number of ether oxygens (including phenoxy) is 1. The molecule has 0 spiro atoms. The second-order valence-corrected chi connectivity index (χ2v) is 14.7. The molecule has 0 aliphatic heterocycles. The third kappa shape index (κ3) is 20.3. The van der Waals surface area contributed by atoms with E-state index in [1.54, 1.807) is 25.7 Å². The minimum atomic E-state index is 0.0255. The zero-order valence-electron chi connectivity index (χ0n) is 36.0. The number of nitrogens with one attached hydrogen (secondary N) is 1. The molecule has 56 heavy (non-hydrogen) atoms. The number of hydrogen-bond acceptors (Lipinski definition) is 8. The van der Waals surface area contributed by atoms with Gasteiger partial charge in [0.25, 0.3) is 5.56 Å². The summed E-state index contributed by atoms with van der Waals surface area (Å²) in [5, 5.41) is 3.63. The number of rotatable bonds is 7. The highest BCUT2D eigenvalue weighted by Crippen LogP contribution is 2.22. The lowest BCUT2D eigenvalue weighted by molar-refractivity contribution is 0.390. The molecule has 1 N–H and O–H groups in total. The van der Waals surface area contributed by atoms with E-state index in [0.717, 1.165) is 28.5 Å². The van der Waals surface area contributed by atoms with Gasteiger partial charge in [-0.05, 0) is 71.0 Å². The molecular weight excluding hydrogens is 697 g/mol. The minimum absolute atomic E-state index is 0.0255. The summed E-state index contributed by atoms with van der Waals surface area (Å²) in [4.78, 5) is 29.7. The van der Waals surface area contributed by atoms with Gasteiger partial charge in [0.15, 0.2) is 5.82 Å². The molecular formula is C47H66N6O3. The Bertz CT molecular complexity index is 1750. The van der Waals surface area contributed by atoms with Crippen LogP contribution in [0.3, 0.4) is 0 Å². The molecule has 1 aromatic carbocycles. The van der Waals surface area contributed by atoms with Gasteiger partial charge < -0.3 is 14.2 Å². The largest absolute Gasteiger partial charge is 0.481 e. The van der Waals surface area contributed by atoms with Crippen molar-refractivity contribution in [2.75, 3.05) is 7.11 Å². The molecule has 9 nitrogen and oxygen atoms in total. The van der Waals surface area contributed by atoms with Crippen LogP contribution in [-0.4, -0.2) is 37.2 Å². The highest BCUT2D eigenvalue weighted by atomic mass is 16.5. The number of aromatic nitrogens is 6. The lowest BCUT2D eigenvalue weighted by atomic mass is 10.0. The van der Waals surface area contributed by atoms with E-state index in [2.05, 4.69) is 120 Å². The standard InChI is InChI=1S/C9H13NO.C9H12.C8H11NO.2C8H11N.C5H8N2O/c1-7(2)8-5-4-6-10-9(8)11-3;1-8(2)9-6-4-3-5-7-9;1-6(2)7-4-3-5-9-8(7)10;1-7(2)8-4-3-5-9-6-8;1-7(2)8-5-3-4-6-9-8;1-4(2)5-6-3-8-7-5/h4-7H,1-3H3;3-8H,1-2H3;3-6H,1-2H3,(H,9,10);2*3-7H,1-2H3;3-4H,1-2H3. The number of aromatic amines is 1. The van der Waals surface area contributed by atoms with Gasteiger partial charge in [0.2, 0.25) is 12.3 Å². The van der Waals surface area contributed by atoms with Gasteiger partial charge in [0.05, 0.1) is 7.11 Å². The van der Waals surface area contributed by atoms with E-state index >= 15 is 0 Å². The Kier molecular flexibility index (Phi) is 24.3. The van der Waals surface area contributed by atoms with Crippen molar-refractivity contribution < 1.29 is 9.26 Å². The van der Waals surface area contributed by atoms with Crippen molar-refractivity contribution in [1.82, 2.24) is 30.1 Å². The number of benzene rings is 1. The molecule has 9 heteroatoms. The molecule has 0 radical (unpaired) electrons. The first-order valence-corrected chi connectivity index (χ1v) is 19.5. The van der Waals surface area contributed by atoms with Gasteiger partial charge >= 0.3 is 0 Å². The predicted molar refractivity (Wildman–Crippen MR) is 232 cm³/mol. The van der Waals surface area contributed by atoms with Gasteiger partial charge in [-0.1, -0.05) is 143 Å². The van der Waals surface area contributed by atoms with Gasteiger partial charge in [-0.2, -0.15) is 4.98 Å². The normalized spacial score (nSPS) is 10.2. The Labute approximate surface area is 336 Å². The molecule has 0 unspecified atom stereocenters. The summed E-state index contributed by atoms with van der Waals surface area (Å²) in [6, 6.07) is 28.2. The second-order valence-electron chi connectivity index (χ2n) is 14.7. The Morgan fingerprint density at radius 2 is 1.14 bits per heavy atom. The quantitative estimate of drug-likeness (QED) is 0.171. The predicted octanol–water partition coefficient (Wildman–Crippen LogP) is 12.1. The molecule has 0 bridgehead atoms. The molecule has 6 rings (SSSR count). The highest BCUT2D eigenvalue weighted by Gasteiger charge is 2.06. The summed E-state index contributed by atoms with van der Waals surface area (Å²) in [5.41, 5.74) is 5.92. The van der Waals surface area contributed by atoms with E-state index in [-0.39, 0.29) is 5.56 Å². The summed E-state index contributed by atoms with van der Waals surface area (Å²) < 4.78 is 9.61. The summed E-state index contributed by atoms with van der Waals surface area (Å²) in [6.07, 6.45) is 10.3. The van der Waals surface area contributed by atoms with E-state index in [0.29, 0.717) is 35.5 Å². The van der Waals surface area contributed by atoms with Crippen LogP contribution in [0.25, 0.3) is 0 Å². The van der Waals surface area contributed by atoms with E-state index in [4.69, 9.17) is 4.74 Å². The molecule has 5 aromatic heterocycles. The van der Waals surface area contributed by atoms with Crippen LogP contribution in [0.5, 0.6) is 5.88 Å². The lowest BCUT2D eigenvalue weighted by Gasteiger charge is -2.08. The van der Waals surface area contributed by atoms with Gasteiger partial charge in [0.1, 0.15) is 0 Å². The van der Waals surface area contributed by atoms with Gasteiger partial charge in [0, 0.05) is 53.7 Å². The highest BCUT2D eigenvalue weighted by molar-refractivity contribution is 5.28. The monoisotopic (exact) mass is 763 g/mol. The zero-order chi connectivity index (χ0) is 41.9. The third-order valence-electron chi connectivity index (χ3n) is 8.08. The first kappa shape index (κ1) is 48.6. The van der Waals surface area contributed by atoms with Crippen LogP contribution in [0.1, 0.15) is 152 Å². The second kappa shape index (κ2) is 28.0. The fourth-order valence-corrected chi connectivity index (χ4v) is 4.61. The molecule has 0 fully saturated rings. The minimum Gasteiger partial charge on any atom is -0.481 e. The first-order valence-electron chi connectivity index (χ1n) is 19.5. The van der Waals surface area contributed by atoms with Crippen molar-refractivity contribution in [2.45, 2.75) is 119 Å². The van der Waals surface area contributed by atoms with Crippen LogP contribution < -0.4 is 10.3 Å².